The highest BCUT2D eigenvalue weighted by molar-refractivity contribution is 5.25. The van der Waals surface area contributed by atoms with E-state index in [1.165, 1.54) is 23.9 Å². The molecule has 0 aliphatic heterocycles. The Balaban J connectivity index is 2.50. The molecule has 6 nitrogen and oxygen atoms in total. The minimum atomic E-state index is -0.367. The Morgan fingerprint density at radius 2 is 2.11 bits per heavy atom. The first-order valence-electron chi connectivity index (χ1n) is 5.38. The van der Waals surface area contributed by atoms with Crippen LogP contribution in [0.25, 0.3) is 0 Å². The second kappa shape index (κ2) is 4.87. The molecule has 18 heavy (non-hydrogen) atoms. The van der Waals surface area contributed by atoms with Crippen LogP contribution in [0.3, 0.4) is 0 Å². The van der Waals surface area contributed by atoms with E-state index in [1.807, 2.05) is 0 Å². The molecule has 0 aromatic carbocycles. The largest absolute Gasteiger partial charge is 0.481 e. The summed E-state index contributed by atoms with van der Waals surface area (Å²) in [6, 6.07) is 4.85. The average molecular weight is 247 g/mol. The number of hydrogen-bond acceptors (Lipinski definition) is 4. The van der Waals surface area contributed by atoms with Gasteiger partial charge < -0.3 is 9.30 Å². The van der Waals surface area contributed by atoms with Crippen LogP contribution in [0.5, 0.6) is 5.88 Å². The Bertz CT molecular complexity index is 673. The second-order valence-electron chi connectivity index (χ2n) is 3.81. The van der Waals surface area contributed by atoms with Gasteiger partial charge in [0.15, 0.2) is 0 Å². The quantitative estimate of drug-likeness (QED) is 0.765. The maximum atomic E-state index is 11.9. The first kappa shape index (κ1) is 12.1. The van der Waals surface area contributed by atoms with E-state index in [0.29, 0.717) is 11.4 Å². The molecular weight excluding hydrogens is 234 g/mol. The normalized spacial score (nSPS) is 10.3. The maximum Gasteiger partial charge on any atom is 0.331 e. The smallest absolute Gasteiger partial charge is 0.331 e. The summed E-state index contributed by atoms with van der Waals surface area (Å²) >= 11 is 0. The summed E-state index contributed by atoms with van der Waals surface area (Å²) in [5.41, 5.74) is -0.0252. The third kappa shape index (κ3) is 2.17. The van der Waals surface area contributed by atoms with Crippen molar-refractivity contribution in [2.75, 3.05) is 7.11 Å². The van der Waals surface area contributed by atoms with Crippen molar-refractivity contribution in [3.63, 3.8) is 0 Å². The minimum Gasteiger partial charge on any atom is -0.481 e. The Morgan fingerprint density at radius 1 is 1.33 bits per heavy atom. The van der Waals surface area contributed by atoms with Gasteiger partial charge in [0, 0.05) is 31.1 Å². The average Bonchev–Trinajstić information content (AvgIpc) is 2.39. The highest BCUT2D eigenvalue weighted by atomic mass is 16.5. The molecule has 2 heterocycles. The van der Waals surface area contributed by atoms with Gasteiger partial charge >= 0.3 is 5.69 Å². The van der Waals surface area contributed by atoms with Gasteiger partial charge in [-0.25, -0.2) is 9.78 Å². The first-order valence-corrected chi connectivity index (χ1v) is 5.38. The zero-order valence-electron chi connectivity index (χ0n) is 10.2. The van der Waals surface area contributed by atoms with Crippen LogP contribution < -0.4 is 16.0 Å². The molecule has 2 rings (SSSR count). The van der Waals surface area contributed by atoms with Crippen LogP contribution in [0.4, 0.5) is 0 Å². The molecule has 0 unspecified atom stereocenters. The predicted molar refractivity (Wildman–Crippen MR) is 65.8 cm³/mol. The Labute approximate surface area is 103 Å². The summed E-state index contributed by atoms with van der Waals surface area (Å²) < 4.78 is 7.58. The lowest BCUT2D eigenvalue weighted by Crippen LogP contribution is -2.38. The third-order valence-electron chi connectivity index (χ3n) is 2.61. The van der Waals surface area contributed by atoms with E-state index in [1.54, 1.807) is 25.4 Å². The standard InChI is InChI=1S/C12H13N3O3/c1-14-7-5-10(16)15(12(14)17)8-9-4-3-6-13-11(9)18-2/h3-7H,8H2,1-2H3. The Morgan fingerprint density at radius 3 is 2.83 bits per heavy atom. The van der Waals surface area contributed by atoms with Crippen LogP contribution in [-0.4, -0.2) is 21.2 Å². The van der Waals surface area contributed by atoms with Gasteiger partial charge in [-0.05, 0) is 6.07 Å². The van der Waals surface area contributed by atoms with Crippen molar-refractivity contribution in [2.24, 2.45) is 7.05 Å². The van der Waals surface area contributed by atoms with Crippen LogP contribution in [0.1, 0.15) is 5.56 Å². The summed E-state index contributed by atoms with van der Waals surface area (Å²) in [7, 11) is 3.09. The lowest BCUT2D eigenvalue weighted by atomic mass is 10.2. The van der Waals surface area contributed by atoms with Crippen molar-refractivity contribution in [3.05, 3.63) is 57.0 Å². The van der Waals surface area contributed by atoms with Crippen LogP contribution >= 0.6 is 0 Å². The summed E-state index contributed by atoms with van der Waals surface area (Å²) in [6.45, 7) is 0.142. The monoisotopic (exact) mass is 247 g/mol. The van der Waals surface area contributed by atoms with Crippen LogP contribution in [0, 0.1) is 0 Å². The van der Waals surface area contributed by atoms with Crippen LogP contribution in [0.2, 0.25) is 0 Å². The first-order chi connectivity index (χ1) is 8.63. The second-order valence-corrected chi connectivity index (χ2v) is 3.81. The summed E-state index contributed by atoms with van der Waals surface area (Å²) in [6.07, 6.45) is 3.04. The fourth-order valence-corrected chi connectivity index (χ4v) is 1.66. The van der Waals surface area contributed by atoms with Crippen molar-refractivity contribution in [3.8, 4) is 5.88 Å². The molecule has 0 atom stereocenters. The number of nitrogens with zero attached hydrogens (tertiary/aromatic N) is 3. The van der Waals surface area contributed by atoms with Crippen molar-refractivity contribution < 1.29 is 4.74 Å². The lowest BCUT2D eigenvalue weighted by Gasteiger charge is -2.09. The SMILES string of the molecule is COc1ncccc1Cn1c(=O)ccn(C)c1=O. The summed E-state index contributed by atoms with van der Waals surface area (Å²) in [4.78, 5) is 27.6. The molecule has 2 aromatic rings. The Kier molecular flexibility index (Phi) is 3.27. The van der Waals surface area contributed by atoms with Crippen LogP contribution in [0.15, 0.2) is 40.2 Å². The summed E-state index contributed by atoms with van der Waals surface area (Å²) in [5.74, 6) is 0.412. The minimum absolute atomic E-state index is 0.142. The van der Waals surface area contributed by atoms with E-state index in [-0.39, 0.29) is 17.8 Å². The van der Waals surface area contributed by atoms with E-state index in [2.05, 4.69) is 4.98 Å². The molecule has 0 aliphatic carbocycles. The predicted octanol–water partition coefficient (Wildman–Crippen LogP) is -0.00110. The molecule has 0 aliphatic rings. The van der Waals surface area contributed by atoms with Gasteiger partial charge in [-0.2, -0.15) is 0 Å². The van der Waals surface area contributed by atoms with E-state index >= 15 is 0 Å². The number of pyridine rings is 1. The number of hydrogen-bond donors (Lipinski definition) is 0. The zero-order chi connectivity index (χ0) is 13.1. The topological polar surface area (TPSA) is 66.1 Å². The van der Waals surface area contributed by atoms with E-state index < -0.39 is 0 Å². The van der Waals surface area contributed by atoms with Gasteiger partial charge in [0.25, 0.3) is 5.56 Å². The highest BCUT2D eigenvalue weighted by Crippen LogP contribution is 2.13. The molecule has 0 bridgehead atoms. The summed E-state index contributed by atoms with van der Waals surface area (Å²) in [5, 5.41) is 0. The third-order valence-corrected chi connectivity index (χ3v) is 2.61. The fraction of sp³-hybridized carbons (Fsp3) is 0.250. The molecule has 0 saturated carbocycles. The lowest BCUT2D eigenvalue weighted by molar-refractivity contribution is 0.390. The Hall–Kier alpha value is -2.37. The molecule has 0 saturated heterocycles. The van der Waals surface area contributed by atoms with Crippen molar-refractivity contribution in [1.29, 1.82) is 0 Å². The van der Waals surface area contributed by atoms with E-state index in [4.69, 9.17) is 4.74 Å². The van der Waals surface area contributed by atoms with Gasteiger partial charge in [0.05, 0.1) is 13.7 Å². The van der Waals surface area contributed by atoms with Gasteiger partial charge in [-0.3, -0.25) is 9.36 Å². The van der Waals surface area contributed by atoms with Crippen LogP contribution in [-0.2, 0) is 13.6 Å². The molecule has 2 aromatic heterocycles. The number of ether oxygens (including phenoxy) is 1. The molecule has 94 valence electrons. The van der Waals surface area contributed by atoms with Gasteiger partial charge in [-0.1, -0.05) is 6.07 Å². The number of aromatic nitrogens is 3. The number of aryl methyl sites for hydroxylation is 1. The molecule has 0 radical (unpaired) electrons. The molecule has 0 N–H and O–H groups in total. The fourth-order valence-electron chi connectivity index (χ4n) is 1.66. The molecular formula is C12H13N3O3. The molecule has 6 heteroatoms. The van der Waals surface area contributed by atoms with Gasteiger partial charge in [0.2, 0.25) is 5.88 Å². The van der Waals surface area contributed by atoms with Crippen molar-refractivity contribution in [1.82, 2.24) is 14.1 Å². The van der Waals surface area contributed by atoms with E-state index in [9.17, 15) is 9.59 Å². The van der Waals surface area contributed by atoms with Gasteiger partial charge in [0.1, 0.15) is 0 Å². The number of rotatable bonds is 3. The van der Waals surface area contributed by atoms with Crippen molar-refractivity contribution >= 4 is 0 Å². The van der Waals surface area contributed by atoms with Crippen molar-refractivity contribution in [2.45, 2.75) is 6.54 Å². The van der Waals surface area contributed by atoms with E-state index in [0.717, 1.165) is 4.57 Å². The van der Waals surface area contributed by atoms with Gasteiger partial charge in [-0.15, -0.1) is 0 Å². The highest BCUT2D eigenvalue weighted by Gasteiger charge is 2.08. The molecule has 0 amide bonds. The molecule has 0 fully saturated rings. The molecule has 0 spiro atoms. The zero-order valence-corrected chi connectivity index (χ0v) is 10.2. The number of methoxy groups -OCH3 is 1. The maximum absolute atomic E-state index is 11.9.